The van der Waals surface area contributed by atoms with Crippen molar-refractivity contribution < 1.29 is 14.5 Å². The van der Waals surface area contributed by atoms with Crippen LogP contribution in [0.15, 0.2) is 0 Å². The Bertz CT molecular complexity index is 411. The molecule has 0 aromatic carbocycles. The van der Waals surface area contributed by atoms with Gasteiger partial charge in [0, 0.05) is 24.2 Å². The molecular weight excluding hydrogens is 258 g/mol. The Balaban J connectivity index is 2.24. The second-order valence-corrected chi connectivity index (χ2v) is 6.97. The number of fused-ring (bicyclic) bond motifs is 1. The zero-order chi connectivity index (χ0) is 15.1. The fraction of sp³-hybridized carbons (Fsp3) is 0.933. The Hall–Kier alpha value is -1.13. The Morgan fingerprint density at radius 2 is 2.00 bits per heavy atom. The average Bonchev–Trinajstić information content (AvgIpc) is 2.35. The van der Waals surface area contributed by atoms with Crippen LogP contribution in [0.5, 0.6) is 0 Å². The third kappa shape index (κ3) is 2.54. The first-order valence-corrected chi connectivity index (χ1v) is 7.56. The van der Waals surface area contributed by atoms with Gasteiger partial charge >= 0.3 is 5.97 Å². The van der Waals surface area contributed by atoms with E-state index in [9.17, 15) is 14.9 Å². The van der Waals surface area contributed by atoms with Crippen molar-refractivity contribution in [3.8, 4) is 0 Å². The summed E-state index contributed by atoms with van der Waals surface area (Å²) in [4.78, 5) is 22.4. The summed E-state index contributed by atoms with van der Waals surface area (Å²) in [6, 6.07) is -0.496. The largest absolute Gasteiger partial charge is 0.463 e. The number of esters is 1. The molecule has 2 rings (SSSR count). The maximum atomic E-state index is 11.4. The maximum absolute atomic E-state index is 11.4. The fourth-order valence-electron chi connectivity index (χ4n) is 4.46. The minimum atomic E-state index is -0.496. The van der Waals surface area contributed by atoms with Crippen molar-refractivity contribution in [1.29, 1.82) is 0 Å². The van der Waals surface area contributed by atoms with E-state index in [4.69, 9.17) is 4.74 Å². The van der Waals surface area contributed by atoms with Gasteiger partial charge in [-0.1, -0.05) is 20.8 Å². The number of rotatable bonds is 2. The van der Waals surface area contributed by atoms with Crippen molar-refractivity contribution in [3.63, 3.8) is 0 Å². The second-order valence-electron chi connectivity index (χ2n) is 6.97. The molecule has 0 aromatic rings. The minimum Gasteiger partial charge on any atom is -0.463 e. The molecule has 114 valence electrons. The molecule has 0 N–H and O–H groups in total. The number of carbonyl (C=O) groups excluding carboxylic acids is 1. The van der Waals surface area contributed by atoms with Crippen LogP contribution in [0.4, 0.5) is 0 Å². The average molecular weight is 283 g/mol. The van der Waals surface area contributed by atoms with Crippen LogP contribution in [-0.4, -0.2) is 23.0 Å². The predicted molar refractivity (Wildman–Crippen MR) is 74.7 cm³/mol. The second kappa shape index (κ2) is 5.34. The molecule has 0 aromatic heterocycles. The highest BCUT2D eigenvalue weighted by Gasteiger charge is 2.56. The molecule has 5 heteroatoms. The summed E-state index contributed by atoms with van der Waals surface area (Å²) in [6.45, 7) is 7.95. The predicted octanol–water partition coefficient (Wildman–Crippen LogP) is 3.05. The van der Waals surface area contributed by atoms with Crippen molar-refractivity contribution >= 4 is 5.97 Å². The van der Waals surface area contributed by atoms with Gasteiger partial charge in [0.2, 0.25) is 6.04 Å². The lowest BCUT2D eigenvalue weighted by Crippen LogP contribution is -2.54. The minimum absolute atomic E-state index is 0.00788. The standard InChI is InChI=1S/C15H25NO4/c1-9-7-14(16(18)19)13-8-12(20-11(3)17)5-6-15(13,4)10(9)2/h9-10,12-14H,5-8H2,1-4H3/t9?,10-,12-,13+,14-,15+/m0/s1. The molecule has 0 saturated heterocycles. The van der Waals surface area contributed by atoms with E-state index >= 15 is 0 Å². The van der Waals surface area contributed by atoms with Crippen molar-refractivity contribution in [3.05, 3.63) is 10.1 Å². The van der Waals surface area contributed by atoms with E-state index in [1.54, 1.807) is 0 Å². The lowest BCUT2D eigenvalue weighted by Gasteiger charge is -2.53. The molecule has 5 nitrogen and oxygen atoms in total. The Morgan fingerprint density at radius 1 is 1.35 bits per heavy atom. The molecule has 0 bridgehead atoms. The van der Waals surface area contributed by atoms with Crippen LogP contribution >= 0.6 is 0 Å². The van der Waals surface area contributed by atoms with Gasteiger partial charge in [0.1, 0.15) is 6.10 Å². The van der Waals surface area contributed by atoms with Crippen molar-refractivity contribution in [2.24, 2.45) is 23.2 Å². The van der Waals surface area contributed by atoms with Crippen molar-refractivity contribution in [2.45, 2.75) is 65.5 Å². The first kappa shape index (κ1) is 15.3. The first-order chi connectivity index (χ1) is 9.25. The van der Waals surface area contributed by atoms with Crippen LogP contribution in [0.3, 0.4) is 0 Å². The number of hydrogen-bond donors (Lipinski definition) is 0. The molecule has 20 heavy (non-hydrogen) atoms. The number of ether oxygens (including phenoxy) is 1. The van der Waals surface area contributed by atoms with Crippen molar-refractivity contribution in [2.75, 3.05) is 0 Å². The van der Waals surface area contributed by atoms with Crippen LogP contribution in [0, 0.1) is 33.3 Å². The zero-order valence-corrected chi connectivity index (χ0v) is 12.8. The van der Waals surface area contributed by atoms with Crippen LogP contribution in [0.2, 0.25) is 0 Å². The topological polar surface area (TPSA) is 69.4 Å². The molecular formula is C15H25NO4. The monoisotopic (exact) mass is 283 g/mol. The molecule has 2 saturated carbocycles. The van der Waals surface area contributed by atoms with E-state index in [-0.39, 0.29) is 28.3 Å². The maximum Gasteiger partial charge on any atom is 0.302 e. The molecule has 0 radical (unpaired) electrons. The van der Waals surface area contributed by atoms with Gasteiger partial charge in [0.05, 0.1) is 0 Å². The molecule has 2 fully saturated rings. The summed E-state index contributed by atoms with van der Waals surface area (Å²) < 4.78 is 5.31. The highest BCUT2D eigenvalue weighted by atomic mass is 16.6. The molecule has 0 spiro atoms. The van der Waals surface area contributed by atoms with E-state index in [2.05, 4.69) is 20.8 Å². The summed E-state index contributed by atoms with van der Waals surface area (Å²) in [7, 11) is 0. The van der Waals surface area contributed by atoms with Crippen LogP contribution in [-0.2, 0) is 9.53 Å². The highest BCUT2D eigenvalue weighted by Crippen LogP contribution is 2.55. The molecule has 6 atom stereocenters. The van der Waals surface area contributed by atoms with E-state index in [0.717, 1.165) is 12.8 Å². The third-order valence-electron chi connectivity index (χ3n) is 5.94. The van der Waals surface area contributed by atoms with Gasteiger partial charge in [0.25, 0.3) is 0 Å². The highest BCUT2D eigenvalue weighted by molar-refractivity contribution is 5.66. The van der Waals surface area contributed by atoms with Gasteiger partial charge < -0.3 is 4.74 Å². The summed E-state index contributed by atoms with van der Waals surface area (Å²) in [5.41, 5.74) is -0.00788. The van der Waals surface area contributed by atoms with Gasteiger partial charge in [-0.2, -0.15) is 0 Å². The van der Waals surface area contributed by atoms with E-state index in [0.29, 0.717) is 24.7 Å². The van der Waals surface area contributed by atoms with Crippen LogP contribution in [0.1, 0.15) is 53.4 Å². The van der Waals surface area contributed by atoms with Crippen molar-refractivity contribution in [1.82, 2.24) is 0 Å². The lowest BCUT2D eigenvalue weighted by molar-refractivity contribution is -0.546. The van der Waals surface area contributed by atoms with Gasteiger partial charge in [-0.25, -0.2) is 0 Å². The SMILES string of the molecule is CC(=O)O[C@H]1CC[C@@]2(C)[C@H](C1)[C@@H]([N+](=O)[O-])CC(C)[C@@H]2C. The first-order valence-electron chi connectivity index (χ1n) is 7.56. The normalized spacial score (nSPS) is 44.5. The Labute approximate surface area is 120 Å². The van der Waals surface area contributed by atoms with Gasteiger partial charge in [-0.05, 0) is 36.5 Å². The number of hydrogen-bond acceptors (Lipinski definition) is 4. The molecule has 0 aliphatic heterocycles. The fourth-order valence-corrected chi connectivity index (χ4v) is 4.46. The van der Waals surface area contributed by atoms with E-state index < -0.39 is 6.04 Å². The third-order valence-corrected chi connectivity index (χ3v) is 5.94. The molecule has 0 amide bonds. The smallest absolute Gasteiger partial charge is 0.302 e. The molecule has 2 aliphatic rings. The zero-order valence-electron chi connectivity index (χ0n) is 12.8. The number of carbonyl (C=O) groups is 1. The molecule has 1 unspecified atom stereocenters. The summed E-state index contributed by atoms with van der Waals surface area (Å²) in [6.07, 6.45) is 2.87. The quantitative estimate of drug-likeness (QED) is 0.443. The summed E-state index contributed by atoms with van der Waals surface area (Å²) >= 11 is 0. The number of nitro groups is 1. The van der Waals surface area contributed by atoms with Crippen LogP contribution in [0.25, 0.3) is 0 Å². The van der Waals surface area contributed by atoms with Crippen LogP contribution < -0.4 is 0 Å². The molecule has 0 heterocycles. The number of nitrogens with zero attached hydrogens (tertiary/aromatic N) is 1. The van der Waals surface area contributed by atoms with E-state index in [1.807, 2.05) is 0 Å². The Kier molecular flexibility index (Phi) is 4.07. The molecule has 2 aliphatic carbocycles. The summed E-state index contributed by atoms with van der Waals surface area (Å²) in [5.74, 6) is 0.578. The Morgan fingerprint density at radius 3 is 2.55 bits per heavy atom. The van der Waals surface area contributed by atoms with Gasteiger partial charge in [0.15, 0.2) is 0 Å². The van der Waals surface area contributed by atoms with Gasteiger partial charge in [-0.15, -0.1) is 0 Å². The van der Waals surface area contributed by atoms with Gasteiger partial charge in [-0.3, -0.25) is 14.9 Å². The van der Waals surface area contributed by atoms with E-state index in [1.165, 1.54) is 6.92 Å². The lowest BCUT2D eigenvalue weighted by atomic mass is 9.51. The summed E-state index contributed by atoms with van der Waals surface area (Å²) in [5, 5.41) is 11.4.